The molecule has 38 heavy (non-hydrogen) atoms. The lowest BCUT2D eigenvalue weighted by Crippen LogP contribution is -2.34. The molecule has 0 spiro atoms. The van der Waals surface area contributed by atoms with E-state index in [2.05, 4.69) is 5.32 Å². The van der Waals surface area contributed by atoms with Gasteiger partial charge in [0.05, 0.1) is 12.7 Å². The van der Waals surface area contributed by atoms with Gasteiger partial charge >= 0.3 is 5.97 Å². The summed E-state index contributed by atoms with van der Waals surface area (Å²) in [6, 6.07) is 25.0. The molecule has 0 saturated heterocycles. The summed E-state index contributed by atoms with van der Waals surface area (Å²) in [7, 11) is 1.59. The third kappa shape index (κ3) is 5.35. The Hall–Kier alpha value is -4.32. The van der Waals surface area contributed by atoms with E-state index in [4.69, 9.17) is 14.2 Å². The number of ether oxygens (including phenoxy) is 3. The van der Waals surface area contributed by atoms with Crippen molar-refractivity contribution in [1.82, 2.24) is 5.32 Å². The third-order valence-corrected chi connectivity index (χ3v) is 6.97. The Morgan fingerprint density at radius 3 is 2.26 bits per heavy atom. The summed E-state index contributed by atoms with van der Waals surface area (Å²) in [5.41, 5.74) is 5.35. The quantitative estimate of drug-likeness (QED) is 0.376. The molecule has 6 heteroatoms. The Balaban J connectivity index is 1.51. The van der Waals surface area contributed by atoms with Gasteiger partial charge in [-0.1, -0.05) is 66.7 Å². The van der Waals surface area contributed by atoms with Gasteiger partial charge in [0.15, 0.2) is 17.3 Å². The van der Waals surface area contributed by atoms with Gasteiger partial charge in [0.2, 0.25) is 0 Å². The lowest BCUT2D eigenvalue weighted by atomic mass is 9.75. The number of carbonyl (C=O) groups excluding carboxylic acids is 2. The van der Waals surface area contributed by atoms with Crippen LogP contribution >= 0.6 is 0 Å². The maximum atomic E-state index is 13.6. The number of nitrogens with one attached hydrogen (secondary N) is 1. The van der Waals surface area contributed by atoms with Crippen molar-refractivity contribution in [3.05, 3.63) is 118 Å². The van der Waals surface area contributed by atoms with Crippen LogP contribution in [0.4, 0.5) is 0 Å². The lowest BCUT2D eigenvalue weighted by molar-refractivity contribution is -0.140. The minimum absolute atomic E-state index is 0.0483. The summed E-state index contributed by atoms with van der Waals surface area (Å²) >= 11 is 0. The maximum absolute atomic E-state index is 13.6. The Morgan fingerprint density at radius 2 is 1.58 bits per heavy atom. The van der Waals surface area contributed by atoms with E-state index in [1.165, 1.54) is 0 Å². The Morgan fingerprint density at radius 1 is 0.895 bits per heavy atom. The summed E-state index contributed by atoms with van der Waals surface area (Å²) in [5, 5.41) is 3.34. The average Bonchev–Trinajstić information content (AvgIpc) is 2.95. The highest BCUT2D eigenvalue weighted by Crippen LogP contribution is 2.44. The number of Topliss-reactive ketones (excluding diaryl/α,β-unsaturated/α-hetero) is 1. The molecule has 2 aliphatic rings. The molecular weight excluding hydrogens is 478 g/mol. The fourth-order valence-electron chi connectivity index (χ4n) is 5.11. The number of benzene rings is 3. The molecule has 6 nitrogen and oxygen atoms in total. The third-order valence-electron chi connectivity index (χ3n) is 6.97. The molecule has 0 amide bonds. The molecule has 1 N–H and O–H groups in total. The number of hydrogen-bond acceptors (Lipinski definition) is 6. The molecular formula is C32H31NO5. The highest BCUT2D eigenvalue weighted by atomic mass is 16.5. The predicted octanol–water partition coefficient (Wildman–Crippen LogP) is 5.99. The Labute approximate surface area is 222 Å². The summed E-state index contributed by atoms with van der Waals surface area (Å²) in [4.78, 5) is 26.8. The van der Waals surface area contributed by atoms with Crippen molar-refractivity contribution in [1.29, 1.82) is 0 Å². The minimum atomic E-state index is -0.563. The van der Waals surface area contributed by atoms with Gasteiger partial charge in [0, 0.05) is 29.3 Å². The molecule has 1 aliphatic heterocycles. The van der Waals surface area contributed by atoms with Gasteiger partial charge in [0.25, 0.3) is 0 Å². The standard InChI is InChI=1S/C32H31NO5/c1-21-29(32(35)38-20-23-12-7-4-8-13-23)30(31-25(33-21)14-9-15-26(31)34)24-16-17-27(36-2)28(18-24)37-19-22-10-5-3-6-11-22/h3-8,10-13,16-18,30,33H,9,14-15,19-20H2,1-2H3/t30-/m0/s1. The smallest absolute Gasteiger partial charge is 0.337 e. The highest BCUT2D eigenvalue weighted by molar-refractivity contribution is 6.03. The molecule has 194 valence electrons. The topological polar surface area (TPSA) is 73.9 Å². The fraction of sp³-hybridized carbons (Fsp3) is 0.250. The molecule has 0 fully saturated rings. The largest absolute Gasteiger partial charge is 0.493 e. The molecule has 0 bridgehead atoms. The number of methoxy groups -OCH3 is 1. The summed E-state index contributed by atoms with van der Waals surface area (Å²) in [5.74, 6) is 0.167. The maximum Gasteiger partial charge on any atom is 0.337 e. The first-order valence-electron chi connectivity index (χ1n) is 12.8. The lowest BCUT2D eigenvalue weighted by Gasteiger charge is -2.34. The molecule has 1 aliphatic carbocycles. The van der Waals surface area contributed by atoms with E-state index in [9.17, 15) is 9.59 Å². The summed E-state index contributed by atoms with van der Waals surface area (Å²) < 4.78 is 17.5. The van der Waals surface area contributed by atoms with Gasteiger partial charge in [0.1, 0.15) is 13.2 Å². The van der Waals surface area contributed by atoms with Crippen molar-refractivity contribution < 1.29 is 23.8 Å². The van der Waals surface area contributed by atoms with Crippen molar-refractivity contribution in [3.8, 4) is 11.5 Å². The SMILES string of the molecule is COc1ccc([C@H]2C(C(=O)OCc3ccccc3)=C(C)NC3=C2C(=O)CCC3)cc1OCc1ccccc1. The molecule has 1 atom stereocenters. The van der Waals surface area contributed by atoms with E-state index in [1.807, 2.05) is 85.8 Å². The molecule has 0 saturated carbocycles. The van der Waals surface area contributed by atoms with Gasteiger partial charge in [-0.05, 0) is 48.6 Å². The Kier molecular flexibility index (Phi) is 7.59. The van der Waals surface area contributed by atoms with Crippen LogP contribution in [0.3, 0.4) is 0 Å². The zero-order valence-electron chi connectivity index (χ0n) is 21.7. The van der Waals surface area contributed by atoms with E-state index >= 15 is 0 Å². The van der Waals surface area contributed by atoms with Crippen molar-refractivity contribution in [2.75, 3.05) is 7.11 Å². The van der Waals surface area contributed by atoms with Crippen LogP contribution in [0.1, 0.15) is 48.8 Å². The van der Waals surface area contributed by atoms with Gasteiger partial charge in [-0.15, -0.1) is 0 Å². The molecule has 1 heterocycles. The zero-order chi connectivity index (χ0) is 26.5. The number of dihydropyridines is 1. The second-order valence-corrected chi connectivity index (χ2v) is 9.51. The molecule has 0 aromatic heterocycles. The number of rotatable bonds is 8. The van der Waals surface area contributed by atoms with Crippen LogP contribution < -0.4 is 14.8 Å². The zero-order valence-corrected chi connectivity index (χ0v) is 21.7. The van der Waals surface area contributed by atoms with Crippen LogP contribution in [0.25, 0.3) is 0 Å². The van der Waals surface area contributed by atoms with Crippen LogP contribution in [-0.2, 0) is 27.5 Å². The van der Waals surface area contributed by atoms with Crippen molar-refractivity contribution >= 4 is 11.8 Å². The van der Waals surface area contributed by atoms with Crippen LogP contribution in [0.2, 0.25) is 0 Å². The van der Waals surface area contributed by atoms with Crippen molar-refractivity contribution in [3.63, 3.8) is 0 Å². The number of ketones is 1. The van der Waals surface area contributed by atoms with E-state index in [0.29, 0.717) is 41.4 Å². The second kappa shape index (κ2) is 11.4. The second-order valence-electron chi connectivity index (χ2n) is 9.51. The van der Waals surface area contributed by atoms with Gasteiger partial charge in [-0.2, -0.15) is 0 Å². The number of carbonyl (C=O) groups is 2. The first-order valence-corrected chi connectivity index (χ1v) is 12.8. The Bertz CT molecular complexity index is 1390. The van der Waals surface area contributed by atoms with Crippen LogP contribution in [0.15, 0.2) is 101 Å². The highest BCUT2D eigenvalue weighted by Gasteiger charge is 2.39. The molecule has 0 radical (unpaired) electrons. The van der Waals surface area contributed by atoms with E-state index in [0.717, 1.165) is 35.2 Å². The van der Waals surface area contributed by atoms with Crippen LogP contribution in [-0.4, -0.2) is 18.9 Å². The number of esters is 1. The molecule has 0 unspecified atom stereocenters. The first kappa shape index (κ1) is 25.3. The monoisotopic (exact) mass is 509 g/mol. The van der Waals surface area contributed by atoms with Gasteiger partial charge < -0.3 is 19.5 Å². The van der Waals surface area contributed by atoms with E-state index in [-0.39, 0.29) is 12.4 Å². The predicted molar refractivity (Wildman–Crippen MR) is 144 cm³/mol. The van der Waals surface area contributed by atoms with Crippen LogP contribution in [0, 0.1) is 0 Å². The van der Waals surface area contributed by atoms with E-state index < -0.39 is 11.9 Å². The van der Waals surface area contributed by atoms with Gasteiger partial charge in [-0.3, -0.25) is 4.79 Å². The normalized spacial score (nSPS) is 17.0. The van der Waals surface area contributed by atoms with Gasteiger partial charge in [-0.25, -0.2) is 4.79 Å². The summed E-state index contributed by atoms with van der Waals surface area (Å²) in [6.07, 6.45) is 2.00. The van der Waals surface area contributed by atoms with E-state index in [1.54, 1.807) is 7.11 Å². The molecule has 5 rings (SSSR count). The average molecular weight is 510 g/mol. The molecule has 3 aromatic carbocycles. The van der Waals surface area contributed by atoms with Crippen molar-refractivity contribution in [2.24, 2.45) is 0 Å². The fourth-order valence-corrected chi connectivity index (χ4v) is 5.11. The van der Waals surface area contributed by atoms with Crippen LogP contribution in [0.5, 0.6) is 11.5 Å². The number of hydrogen-bond donors (Lipinski definition) is 1. The minimum Gasteiger partial charge on any atom is -0.493 e. The first-order chi connectivity index (χ1) is 18.5. The number of allylic oxidation sites excluding steroid dienone is 3. The molecule has 3 aromatic rings. The summed E-state index contributed by atoms with van der Waals surface area (Å²) in [6.45, 7) is 2.38. The van der Waals surface area contributed by atoms with Crippen molar-refractivity contribution in [2.45, 2.75) is 45.3 Å².